The van der Waals surface area contributed by atoms with Crippen molar-refractivity contribution in [1.29, 1.82) is 0 Å². The van der Waals surface area contributed by atoms with Gasteiger partial charge >= 0.3 is 5.69 Å². The maximum absolute atomic E-state index is 12.7. The third-order valence-corrected chi connectivity index (χ3v) is 5.76. The van der Waals surface area contributed by atoms with Gasteiger partial charge in [-0.1, -0.05) is 18.2 Å². The summed E-state index contributed by atoms with van der Waals surface area (Å²) in [5.74, 6) is 1.58. The van der Waals surface area contributed by atoms with Gasteiger partial charge in [0, 0.05) is 7.05 Å². The number of hydrogen-bond acceptors (Lipinski definition) is 8. The minimum Gasteiger partial charge on any atom is -0.497 e. The van der Waals surface area contributed by atoms with Crippen molar-refractivity contribution in [3.05, 3.63) is 80.5 Å². The molecule has 188 valence electrons. The van der Waals surface area contributed by atoms with Crippen LogP contribution in [-0.2, 0) is 13.6 Å². The highest BCUT2D eigenvalue weighted by molar-refractivity contribution is 5.99. The quantitative estimate of drug-likeness (QED) is 0.240. The zero-order chi connectivity index (χ0) is 25.8. The van der Waals surface area contributed by atoms with Crippen molar-refractivity contribution in [2.24, 2.45) is 12.1 Å². The van der Waals surface area contributed by atoms with Crippen LogP contribution in [0.1, 0.15) is 18.1 Å². The summed E-state index contributed by atoms with van der Waals surface area (Å²) in [6.07, 6.45) is -0.981. The number of ether oxygens (including phenoxy) is 2. The summed E-state index contributed by atoms with van der Waals surface area (Å²) in [5, 5.41) is 15.1. The molecule has 0 bridgehead atoms. The molecule has 11 heteroatoms. The first kappa shape index (κ1) is 24.7. The number of hydrazone groups is 1. The molecule has 2 aromatic heterocycles. The summed E-state index contributed by atoms with van der Waals surface area (Å²) in [4.78, 5) is 31.5. The van der Waals surface area contributed by atoms with Crippen LogP contribution in [-0.4, -0.2) is 49.7 Å². The van der Waals surface area contributed by atoms with Gasteiger partial charge in [0.15, 0.2) is 11.2 Å². The molecule has 0 spiro atoms. The lowest BCUT2D eigenvalue weighted by molar-refractivity contribution is 0.0935. The highest BCUT2D eigenvalue weighted by Gasteiger charge is 2.20. The summed E-state index contributed by atoms with van der Waals surface area (Å²) in [7, 11) is 3.10. The normalized spacial score (nSPS) is 12.5. The molecule has 4 aromatic rings. The van der Waals surface area contributed by atoms with Gasteiger partial charge in [-0.15, -0.1) is 0 Å². The molecular weight excluding hydrogens is 464 g/mol. The first-order valence-corrected chi connectivity index (χ1v) is 11.3. The summed E-state index contributed by atoms with van der Waals surface area (Å²) in [6.45, 7) is 3.69. The van der Waals surface area contributed by atoms with Gasteiger partial charge in [0.1, 0.15) is 24.2 Å². The zero-order valence-electron chi connectivity index (χ0n) is 20.5. The van der Waals surface area contributed by atoms with Gasteiger partial charge in [0.2, 0.25) is 5.95 Å². The Bertz CT molecular complexity index is 1520. The van der Waals surface area contributed by atoms with Crippen molar-refractivity contribution in [1.82, 2.24) is 19.1 Å². The summed E-state index contributed by atoms with van der Waals surface area (Å²) < 4.78 is 13.7. The van der Waals surface area contributed by atoms with Gasteiger partial charge in [-0.2, -0.15) is 10.1 Å². The standard InChI is InChI=1S/C25H28N6O5/c1-15-7-5-6-8-20(15)36-14-18(32)13-31-21-22(30(3)25(34)27-23(21)33)26-24(31)29-28-16(2)17-9-11-19(35-4)12-10-17/h5-12,18,32H,13-14H2,1-4H3,(H,26,29)(H,27,33,34)/b28-16-/t18-/m1/s1. The van der Waals surface area contributed by atoms with E-state index in [9.17, 15) is 14.7 Å². The van der Waals surface area contributed by atoms with Gasteiger partial charge in [-0.05, 0) is 55.3 Å². The fourth-order valence-corrected chi connectivity index (χ4v) is 3.70. The second-order valence-electron chi connectivity index (χ2n) is 8.30. The number of aromatic nitrogens is 4. The van der Waals surface area contributed by atoms with E-state index in [1.807, 2.05) is 62.4 Å². The largest absolute Gasteiger partial charge is 0.497 e. The fraction of sp³-hybridized carbons (Fsp3) is 0.280. The molecule has 0 unspecified atom stereocenters. The molecule has 4 rings (SSSR count). The fourth-order valence-electron chi connectivity index (χ4n) is 3.70. The molecule has 0 saturated carbocycles. The van der Waals surface area contributed by atoms with Crippen LogP contribution in [0.2, 0.25) is 0 Å². The molecule has 1 atom stereocenters. The number of aryl methyl sites for hydroxylation is 2. The number of anilines is 1. The SMILES string of the molecule is COc1ccc(/C(C)=N\Nc2nc3c(c(=O)[nH]c(=O)n3C)n2C[C@@H](O)COc2ccccc2C)cc1. The van der Waals surface area contributed by atoms with E-state index < -0.39 is 17.4 Å². The predicted octanol–water partition coefficient (Wildman–Crippen LogP) is 2.02. The Morgan fingerprint density at radius 1 is 1.19 bits per heavy atom. The van der Waals surface area contributed by atoms with E-state index in [-0.39, 0.29) is 30.3 Å². The van der Waals surface area contributed by atoms with Crippen molar-refractivity contribution in [3.63, 3.8) is 0 Å². The van der Waals surface area contributed by atoms with Crippen LogP contribution in [0.3, 0.4) is 0 Å². The van der Waals surface area contributed by atoms with Gasteiger partial charge in [0.25, 0.3) is 5.56 Å². The molecule has 0 radical (unpaired) electrons. The number of hydrogen-bond donors (Lipinski definition) is 3. The van der Waals surface area contributed by atoms with Crippen LogP contribution in [0.25, 0.3) is 11.2 Å². The van der Waals surface area contributed by atoms with E-state index in [2.05, 4.69) is 20.5 Å². The monoisotopic (exact) mass is 492 g/mol. The van der Waals surface area contributed by atoms with E-state index in [4.69, 9.17) is 9.47 Å². The lowest BCUT2D eigenvalue weighted by Gasteiger charge is -2.16. The maximum Gasteiger partial charge on any atom is 0.329 e. The lowest BCUT2D eigenvalue weighted by Crippen LogP contribution is -2.30. The number of aliphatic hydroxyl groups excluding tert-OH is 1. The van der Waals surface area contributed by atoms with Crippen molar-refractivity contribution >= 4 is 22.8 Å². The molecule has 0 aliphatic carbocycles. The van der Waals surface area contributed by atoms with Gasteiger partial charge < -0.3 is 19.1 Å². The molecular formula is C25H28N6O5. The van der Waals surface area contributed by atoms with Crippen molar-refractivity contribution in [3.8, 4) is 11.5 Å². The second-order valence-corrected chi connectivity index (χ2v) is 8.30. The third-order valence-electron chi connectivity index (χ3n) is 5.76. The Hall–Kier alpha value is -4.38. The average molecular weight is 493 g/mol. The first-order valence-electron chi connectivity index (χ1n) is 11.3. The Labute approximate surface area is 206 Å². The van der Waals surface area contributed by atoms with E-state index in [1.165, 1.54) is 16.2 Å². The number of nitrogens with one attached hydrogen (secondary N) is 2. The molecule has 0 aliphatic heterocycles. The van der Waals surface area contributed by atoms with Crippen molar-refractivity contribution in [2.75, 3.05) is 19.1 Å². The Kier molecular flexibility index (Phi) is 7.20. The number of nitrogens with zero attached hydrogens (tertiary/aromatic N) is 4. The molecule has 0 aliphatic rings. The molecule has 0 saturated heterocycles. The third kappa shape index (κ3) is 5.15. The Morgan fingerprint density at radius 2 is 1.92 bits per heavy atom. The van der Waals surface area contributed by atoms with E-state index in [0.717, 1.165) is 16.9 Å². The molecule has 11 nitrogen and oxygen atoms in total. The van der Waals surface area contributed by atoms with E-state index in [1.54, 1.807) is 7.11 Å². The number of H-pyrrole nitrogens is 1. The van der Waals surface area contributed by atoms with Crippen LogP contribution in [0.15, 0.2) is 63.2 Å². The molecule has 0 fully saturated rings. The lowest BCUT2D eigenvalue weighted by atomic mass is 10.1. The number of aromatic amines is 1. The summed E-state index contributed by atoms with van der Waals surface area (Å²) in [6, 6.07) is 14.9. The number of aliphatic hydroxyl groups is 1. The molecule has 2 aromatic carbocycles. The second kappa shape index (κ2) is 10.5. The molecule has 2 heterocycles. The average Bonchev–Trinajstić information content (AvgIpc) is 3.24. The molecule has 0 amide bonds. The van der Waals surface area contributed by atoms with Crippen LogP contribution in [0.4, 0.5) is 5.95 Å². The summed E-state index contributed by atoms with van der Waals surface area (Å²) in [5.41, 5.74) is 4.41. The van der Waals surface area contributed by atoms with Crippen LogP contribution in [0.5, 0.6) is 11.5 Å². The van der Waals surface area contributed by atoms with Gasteiger partial charge in [-0.25, -0.2) is 10.2 Å². The number of benzene rings is 2. The zero-order valence-corrected chi connectivity index (χ0v) is 20.5. The Morgan fingerprint density at radius 3 is 2.61 bits per heavy atom. The minimum atomic E-state index is -0.981. The van der Waals surface area contributed by atoms with Gasteiger partial charge in [0.05, 0.1) is 19.4 Å². The maximum atomic E-state index is 12.7. The van der Waals surface area contributed by atoms with E-state index >= 15 is 0 Å². The smallest absolute Gasteiger partial charge is 0.329 e. The highest BCUT2D eigenvalue weighted by Crippen LogP contribution is 2.19. The summed E-state index contributed by atoms with van der Waals surface area (Å²) >= 11 is 0. The van der Waals surface area contributed by atoms with Gasteiger partial charge in [-0.3, -0.25) is 14.3 Å². The van der Waals surface area contributed by atoms with Crippen molar-refractivity contribution < 1.29 is 14.6 Å². The minimum absolute atomic E-state index is 0.0121. The topological polar surface area (TPSA) is 136 Å². The van der Waals surface area contributed by atoms with E-state index in [0.29, 0.717) is 11.5 Å². The number of methoxy groups -OCH3 is 1. The Balaban J connectivity index is 1.64. The molecule has 3 N–H and O–H groups in total. The van der Waals surface area contributed by atoms with Crippen molar-refractivity contribution in [2.45, 2.75) is 26.5 Å². The number of imidazole rings is 1. The predicted molar refractivity (Wildman–Crippen MR) is 137 cm³/mol. The number of para-hydroxylation sites is 1. The highest BCUT2D eigenvalue weighted by atomic mass is 16.5. The van der Waals surface area contributed by atoms with Crippen LogP contribution >= 0.6 is 0 Å². The van der Waals surface area contributed by atoms with Crippen LogP contribution < -0.4 is 26.1 Å². The molecule has 36 heavy (non-hydrogen) atoms. The first-order chi connectivity index (χ1) is 17.3. The number of rotatable bonds is 9. The van der Waals surface area contributed by atoms with Crippen LogP contribution in [0, 0.1) is 6.92 Å². The number of fused-ring (bicyclic) bond motifs is 1.